The molecule has 0 bridgehead atoms. The van der Waals surface area contributed by atoms with Crippen LogP contribution in [0.2, 0.25) is 0 Å². The Morgan fingerprint density at radius 3 is 2.01 bits per heavy atom. The summed E-state index contributed by atoms with van der Waals surface area (Å²) in [4.78, 5) is 29.6. The molecule has 324 valence electrons. The molecule has 0 saturated heterocycles. The number of Topliss-reactive ketones (excluding diaryl/α,β-unsaturated/α-hetero) is 1. The topological polar surface area (TPSA) is 372 Å². The van der Waals surface area contributed by atoms with Crippen LogP contribution in [0.3, 0.4) is 0 Å². The van der Waals surface area contributed by atoms with Gasteiger partial charge in [-0.3, -0.25) is 29.7 Å². The van der Waals surface area contributed by atoms with E-state index in [4.69, 9.17) is 0 Å². The number of hydrogen-bond donors (Lipinski definition) is 4. The molecule has 0 saturated carbocycles. The third-order valence-corrected chi connectivity index (χ3v) is 12.1. The van der Waals surface area contributed by atoms with E-state index < -0.39 is 117 Å². The van der Waals surface area contributed by atoms with Crippen molar-refractivity contribution in [2.75, 3.05) is 5.43 Å². The maximum absolute atomic E-state index is 14.8. The van der Waals surface area contributed by atoms with Gasteiger partial charge in [-0.2, -0.15) is 22.9 Å². The molecule has 31 heteroatoms. The Kier molecular flexibility index (Phi) is 19.8. The standard InChI is InChI=1S/C36H25FN8O14S4.4Na/c37-34-41-35(43-36(42-34)40-24-12-10-18-6-4-5-9-23(18)32(24)63(57,58)59)38-21-11-13-27(61(51,52)53)25(16-21)44-45-30-28(62(54,55)56)15-20-14-22(60(48,49)50)17-26(29(20)31(30)46)39-33(47)19-7-2-1-3-8-19;;;;/h1-17,44H,(H,39,47)(H,48,49,50)(H,51,52,53)(H,54,55,56)(H,57,58,59)(H2,38,40,41,42,43);;;;/q;4*+1/p-4/b45-30+;;;;. The molecule has 0 fully saturated rings. The van der Waals surface area contributed by atoms with Gasteiger partial charge >= 0.3 is 118 Å². The van der Waals surface area contributed by atoms with E-state index in [2.05, 4.69) is 35.0 Å². The van der Waals surface area contributed by atoms with Crippen molar-refractivity contribution >= 4 is 97.5 Å². The number of carbonyl (C=O) groups is 1. The molecule has 0 radical (unpaired) electrons. The van der Waals surface area contributed by atoms with Crippen LogP contribution < -0.4 is 140 Å². The molecule has 67 heavy (non-hydrogen) atoms. The minimum absolute atomic E-state index is 0. The van der Waals surface area contributed by atoms with Crippen LogP contribution in [-0.4, -0.2) is 84.2 Å². The number of hydrazone groups is 1. The zero-order chi connectivity index (χ0) is 45.6. The summed E-state index contributed by atoms with van der Waals surface area (Å²) in [6, 6.07) is 19.3. The molecular formula is C36H21FN8Na4O14S4. The first-order chi connectivity index (χ1) is 29.5. The van der Waals surface area contributed by atoms with E-state index in [-0.39, 0.29) is 141 Å². The molecule has 0 aliphatic heterocycles. The Bertz CT molecular complexity index is 3670. The van der Waals surface area contributed by atoms with Gasteiger partial charge in [0.1, 0.15) is 41.0 Å². The predicted molar refractivity (Wildman–Crippen MR) is 212 cm³/mol. The maximum atomic E-state index is 14.8. The summed E-state index contributed by atoms with van der Waals surface area (Å²) >= 11 is 0. The predicted octanol–water partition coefficient (Wildman–Crippen LogP) is -10.4. The van der Waals surface area contributed by atoms with E-state index in [0.29, 0.717) is 29.7 Å². The molecule has 0 atom stereocenters. The number of carbonyl (C=O) groups excluding carboxylic acids is 1. The molecular weight excluding hydrogens is 1010 g/mol. The fraction of sp³-hybridized carbons (Fsp3) is 0. The van der Waals surface area contributed by atoms with E-state index in [1.54, 1.807) is 18.2 Å². The molecule has 22 nitrogen and oxygen atoms in total. The number of aromatic amines is 2. The van der Waals surface area contributed by atoms with Crippen LogP contribution in [0.4, 0.5) is 27.1 Å². The molecule has 1 aromatic heterocycles. The summed E-state index contributed by atoms with van der Waals surface area (Å²) < 4.78 is 160. The molecule has 0 unspecified atom stereocenters. The van der Waals surface area contributed by atoms with Crippen molar-refractivity contribution in [3.05, 3.63) is 136 Å². The molecule has 1 aliphatic carbocycles. The second-order valence-electron chi connectivity index (χ2n) is 12.8. The summed E-state index contributed by atoms with van der Waals surface area (Å²) in [6.07, 6.45) is -0.895. The number of aromatic nitrogens is 3. The van der Waals surface area contributed by atoms with Gasteiger partial charge in [0.15, 0.2) is 0 Å². The van der Waals surface area contributed by atoms with Crippen molar-refractivity contribution < 1.29 is 184 Å². The van der Waals surface area contributed by atoms with Crippen LogP contribution in [0.5, 0.6) is 0 Å². The average molecular weight is 1030 g/mol. The first kappa shape index (κ1) is 58.2. The molecule has 1 heterocycles. The Morgan fingerprint density at radius 2 is 1.39 bits per heavy atom. The van der Waals surface area contributed by atoms with Crippen molar-refractivity contribution in [2.45, 2.75) is 14.7 Å². The Labute approximate surface area is 467 Å². The monoisotopic (exact) mass is 1030 g/mol. The van der Waals surface area contributed by atoms with Crippen molar-refractivity contribution in [2.24, 2.45) is 20.1 Å². The molecule has 1 aliphatic rings. The molecule has 4 N–H and O–H groups in total. The second-order valence-corrected chi connectivity index (χ2v) is 18.2. The van der Waals surface area contributed by atoms with Crippen LogP contribution in [0.15, 0.2) is 137 Å². The zero-order valence-corrected chi connectivity index (χ0v) is 46.1. The van der Waals surface area contributed by atoms with Crippen molar-refractivity contribution in [1.29, 1.82) is 0 Å². The van der Waals surface area contributed by atoms with Crippen LogP contribution in [-0.2, 0) is 40.5 Å². The van der Waals surface area contributed by atoms with Crippen molar-refractivity contribution in [1.82, 2.24) is 15.0 Å². The van der Waals surface area contributed by atoms with E-state index in [1.165, 1.54) is 48.5 Å². The summed E-state index contributed by atoms with van der Waals surface area (Å²) in [6.45, 7) is 0. The summed E-state index contributed by atoms with van der Waals surface area (Å²) in [5, 5.41) is 17.1. The normalized spacial score (nSPS) is 14.2. The number of benzene rings is 5. The van der Waals surface area contributed by atoms with E-state index in [1.807, 2.05) is 5.43 Å². The number of aliphatic imine (C=N–C) groups is 1. The number of allylic oxidation sites excluding steroid dienone is 1. The molecule has 5 aromatic carbocycles. The number of ketones is 1. The van der Waals surface area contributed by atoms with E-state index in [0.717, 1.165) is 12.1 Å². The van der Waals surface area contributed by atoms with Gasteiger partial charge in [-0.05, 0) is 64.9 Å². The fourth-order valence-corrected chi connectivity index (χ4v) is 8.67. The fourth-order valence-electron chi connectivity index (χ4n) is 6.04. The Hall–Kier alpha value is -3.11. The smallest absolute Gasteiger partial charge is 0.858 e. The van der Waals surface area contributed by atoms with Gasteiger partial charge in [0.2, 0.25) is 17.0 Å². The number of fused-ring (bicyclic) bond motifs is 2. The minimum atomic E-state index is -5.73. The number of H-pyrrole nitrogens is 2. The van der Waals surface area contributed by atoms with Gasteiger partial charge in [-0.15, -0.1) is 0 Å². The first-order valence-corrected chi connectivity index (χ1v) is 22.7. The van der Waals surface area contributed by atoms with Crippen LogP contribution in [0.1, 0.15) is 21.5 Å². The number of nitrogens with one attached hydrogen (secondary N) is 3. The quantitative estimate of drug-likeness (QED) is 0.0325. The van der Waals surface area contributed by atoms with Gasteiger partial charge in [-0.1, -0.05) is 60.7 Å². The number of rotatable bonds is 10. The molecule has 6 aromatic rings. The first-order valence-electron chi connectivity index (χ1n) is 17.0. The SMILES string of the molecule is O=C1/C(=N/Nc2cc(N=c3nc(F)[nH]c(=Nc4ccc5ccccc5c4S(=O)(=O)O)[nH]3)ccc2S(=O)(=O)[O-])C(S(=O)(=O)[O-])=Cc2cc(S(=O)(=O)[O-])cc(N=C([O-])c3ccccc3)c21.[Na+].[Na+].[Na+].[Na+]. The Morgan fingerprint density at radius 1 is 0.731 bits per heavy atom. The van der Waals surface area contributed by atoms with Gasteiger partial charge in [0.25, 0.3) is 16.2 Å². The van der Waals surface area contributed by atoms with Crippen molar-refractivity contribution in [3.63, 3.8) is 0 Å². The third kappa shape index (κ3) is 13.6. The minimum Gasteiger partial charge on any atom is -0.858 e. The van der Waals surface area contributed by atoms with Gasteiger partial charge in [0, 0.05) is 5.39 Å². The second kappa shape index (κ2) is 22.8. The average Bonchev–Trinajstić information content (AvgIpc) is 3.18. The molecule has 0 amide bonds. The largest absolute Gasteiger partial charge is 1.00 e. The third-order valence-electron chi connectivity index (χ3n) is 8.64. The summed E-state index contributed by atoms with van der Waals surface area (Å²) in [7, 11) is -21.4. The Balaban J connectivity index is 0.00000298. The van der Waals surface area contributed by atoms with Gasteiger partial charge in [-0.25, -0.2) is 35.2 Å². The summed E-state index contributed by atoms with van der Waals surface area (Å²) in [5.41, 5.74) is -4.16. The summed E-state index contributed by atoms with van der Waals surface area (Å²) in [5.74, 6) is -2.56. The van der Waals surface area contributed by atoms with Crippen LogP contribution in [0.25, 0.3) is 16.8 Å². The van der Waals surface area contributed by atoms with Gasteiger partial charge in [0.05, 0.1) is 43.0 Å². The van der Waals surface area contributed by atoms with Gasteiger partial charge < -0.3 is 18.8 Å². The van der Waals surface area contributed by atoms with Crippen LogP contribution in [0, 0.1) is 6.08 Å². The maximum Gasteiger partial charge on any atom is 1.00 e. The van der Waals surface area contributed by atoms with Crippen molar-refractivity contribution in [3.8, 4) is 0 Å². The van der Waals surface area contributed by atoms with E-state index >= 15 is 0 Å². The van der Waals surface area contributed by atoms with Crippen LogP contribution >= 0.6 is 0 Å². The molecule has 0 spiro atoms. The number of anilines is 1. The number of hydrogen-bond acceptors (Lipinski definition) is 19. The van der Waals surface area contributed by atoms with E-state index in [9.17, 15) is 66.2 Å². The zero-order valence-electron chi connectivity index (χ0n) is 34.8. The molecule has 7 rings (SSSR count). The number of halogens is 1. The number of nitrogens with zero attached hydrogens (tertiary/aromatic N) is 5.